The van der Waals surface area contributed by atoms with Crippen molar-refractivity contribution in [1.82, 2.24) is 0 Å². The Kier molecular flexibility index (Phi) is 13.8. The van der Waals surface area contributed by atoms with Crippen molar-refractivity contribution >= 4 is 5.97 Å². The normalized spacial score (nSPS) is 11.2. The molecule has 0 heterocycles. The fourth-order valence-electron chi connectivity index (χ4n) is 4.42. The van der Waals surface area contributed by atoms with E-state index in [0.717, 1.165) is 37.7 Å². The fraction of sp³-hybridized carbons (Fsp3) is 0.741. The number of hydrogen-bond acceptors (Lipinski definition) is 1. The highest BCUT2D eigenvalue weighted by Gasteiger charge is 2.20. The smallest absolute Gasteiger partial charge is 0.335 e. The maximum absolute atomic E-state index is 12.2. The van der Waals surface area contributed by atoms with Gasteiger partial charge < -0.3 is 5.11 Å². The van der Waals surface area contributed by atoms with Gasteiger partial charge in [-0.3, -0.25) is 0 Å². The number of hydrogen-bond donors (Lipinski definition) is 1. The molecule has 1 rings (SSSR count). The molecule has 0 aliphatic rings. The van der Waals surface area contributed by atoms with Crippen LogP contribution in [0.1, 0.15) is 137 Å². The van der Waals surface area contributed by atoms with Crippen LogP contribution in [0.3, 0.4) is 0 Å². The Hall–Kier alpha value is -1.31. The second-order valence-corrected chi connectivity index (χ2v) is 8.65. The average Bonchev–Trinajstić information content (AvgIpc) is 2.70. The maximum Gasteiger partial charge on any atom is 0.335 e. The third-order valence-corrected chi connectivity index (χ3v) is 6.13. The van der Waals surface area contributed by atoms with E-state index in [1.807, 2.05) is 0 Å². The highest BCUT2D eigenvalue weighted by atomic mass is 16.4. The van der Waals surface area contributed by atoms with E-state index in [1.54, 1.807) is 0 Å². The zero-order valence-corrected chi connectivity index (χ0v) is 19.7. The molecule has 0 radical (unpaired) electrons. The van der Waals surface area contributed by atoms with Crippen LogP contribution in [0.15, 0.2) is 6.07 Å². The Morgan fingerprint density at radius 1 is 0.621 bits per heavy atom. The molecular weight excluding hydrogens is 356 g/mol. The van der Waals surface area contributed by atoms with Gasteiger partial charge in [-0.25, -0.2) is 4.79 Å². The van der Waals surface area contributed by atoms with Crippen molar-refractivity contribution in [3.63, 3.8) is 0 Å². The Morgan fingerprint density at radius 3 is 1.48 bits per heavy atom. The molecular formula is C27H46O2. The number of aryl methyl sites for hydroxylation is 1. The molecule has 1 aromatic rings. The van der Waals surface area contributed by atoms with Gasteiger partial charge in [0.2, 0.25) is 0 Å². The van der Waals surface area contributed by atoms with E-state index in [4.69, 9.17) is 0 Å². The van der Waals surface area contributed by atoms with Crippen molar-refractivity contribution in [3.8, 4) is 0 Å². The van der Waals surface area contributed by atoms with E-state index >= 15 is 0 Å². The highest BCUT2D eigenvalue weighted by Crippen LogP contribution is 2.30. The van der Waals surface area contributed by atoms with E-state index in [9.17, 15) is 9.90 Å². The third kappa shape index (κ3) is 8.93. The summed E-state index contributed by atoms with van der Waals surface area (Å²) in [5, 5.41) is 10.0. The van der Waals surface area contributed by atoms with Gasteiger partial charge in [0.05, 0.1) is 5.56 Å². The summed E-state index contributed by atoms with van der Waals surface area (Å²) < 4.78 is 0. The largest absolute Gasteiger partial charge is 0.478 e. The standard InChI is InChI=1S/C27H46O2/c1-5-9-13-17-22-21-26(27(28)29)25(20-16-12-8-4)24(19-15-11-7-3)23(22)18-14-10-6-2/h21H,5-20H2,1-4H3,(H,28,29). The van der Waals surface area contributed by atoms with Crippen LogP contribution in [0.2, 0.25) is 0 Å². The monoisotopic (exact) mass is 402 g/mol. The molecule has 0 bridgehead atoms. The molecule has 0 unspecified atom stereocenters. The highest BCUT2D eigenvalue weighted by molar-refractivity contribution is 5.90. The summed E-state index contributed by atoms with van der Waals surface area (Å²) in [5.41, 5.74) is 6.02. The first kappa shape index (κ1) is 25.7. The predicted octanol–water partition coefficient (Wildman–Crippen LogP) is 8.32. The molecule has 166 valence electrons. The molecule has 0 amide bonds. The van der Waals surface area contributed by atoms with Gasteiger partial charge in [-0.1, -0.05) is 79.1 Å². The quantitative estimate of drug-likeness (QED) is 0.266. The van der Waals surface area contributed by atoms with Crippen LogP contribution in [0, 0.1) is 0 Å². The molecule has 0 aliphatic carbocycles. The maximum atomic E-state index is 12.2. The summed E-state index contributed by atoms with van der Waals surface area (Å²) in [4.78, 5) is 12.2. The second-order valence-electron chi connectivity index (χ2n) is 8.65. The number of carboxylic acids is 1. The summed E-state index contributed by atoms with van der Waals surface area (Å²) in [7, 11) is 0. The van der Waals surface area contributed by atoms with E-state index in [0.29, 0.717) is 5.56 Å². The lowest BCUT2D eigenvalue weighted by atomic mass is 9.83. The number of unbranched alkanes of at least 4 members (excludes halogenated alkanes) is 8. The number of carbonyl (C=O) groups is 1. The lowest BCUT2D eigenvalue weighted by molar-refractivity contribution is 0.0695. The van der Waals surface area contributed by atoms with Gasteiger partial charge in [-0.05, 0) is 79.7 Å². The van der Waals surface area contributed by atoms with Crippen molar-refractivity contribution in [2.75, 3.05) is 0 Å². The Labute approximate surface area is 180 Å². The van der Waals surface area contributed by atoms with Crippen LogP contribution < -0.4 is 0 Å². The van der Waals surface area contributed by atoms with Crippen LogP contribution in [0.4, 0.5) is 0 Å². The lowest BCUT2D eigenvalue weighted by Crippen LogP contribution is -2.13. The molecule has 0 saturated carbocycles. The van der Waals surface area contributed by atoms with Crippen molar-refractivity contribution in [2.45, 2.75) is 130 Å². The Morgan fingerprint density at radius 2 is 1.03 bits per heavy atom. The van der Waals surface area contributed by atoms with Crippen molar-refractivity contribution < 1.29 is 9.90 Å². The van der Waals surface area contributed by atoms with Gasteiger partial charge in [0.25, 0.3) is 0 Å². The van der Waals surface area contributed by atoms with E-state index in [-0.39, 0.29) is 0 Å². The molecule has 2 nitrogen and oxygen atoms in total. The summed E-state index contributed by atoms with van der Waals surface area (Å²) in [6.45, 7) is 8.95. The lowest BCUT2D eigenvalue weighted by Gasteiger charge is -2.22. The summed E-state index contributed by atoms with van der Waals surface area (Å²) in [5.74, 6) is -0.731. The topological polar surface area (TPSA) is 37.3 Å². The van der Waals surface area contributed by atoms with Gasteiger partial charge in [-0.15, -0.1) is 0 Å². The molecule has 0 saturated heterocycles. The number of rotatable bonds is 17. The SMILES string of the molecule is CCCCCc1cc(C(=O)O)c(CCCCC)c(CCCCC)c1CCCCC. The molecule has 0 aliphatic heterocycles. The average molecular weight is 403 g/mol. The van der Waals surface area contributed by atoms with Crippen LogP contribution in [-0.4, -0.2) is 11.1 Å². The summed E-state index contributed by atoms with van der Waals surface area (Å²) in [6.07, 6.45) is 18.5. The molecule has 1 aromatic carbocycles. The van der Waals surface area contributed by atoms with Crippen molar-refractivity contribution in [1.29, 1.82) is 0 Å². The van der Waals surface area contributed by atoms with Crippen molar-refractivity contribution in [3.05, 3.63) is 33.9 Å². The van der Waals surface area contributed by atoms with E-state index in [2.05, 4.69) is 33.8 Å². The molecule has 1 N–H and O–H groups in total. The number of benzene rings is 1. The molecule has 0 atom stereocenters. The van der Waals surface area contributed by atoms with Gasteiger partial charge in [0.15, 0.2) is 0 Å². The Balaban J connectivity index is 3.41. The third-order valence-electron chi connectivity index (χ3n) is 6.13. The van der Waals surface area contributed by atoms with Crippen molar-refractivity contribution in [2.24, 2.45) is 0 Å². The number of carboxylic acid groups (broad SMARTS) is 1. The minimum Gasteiger partial charge on any atom is -0.478 e. The summed E-state index contributed by atoms with van der Waals surface area (Å²) >= 11 is 0. The van der Waals surface area contributed by atoms with Crippen LogP contribution in [-0.2, 0) is 25.7 Å². The van der Waals surface area contributed by atoms with Crippen LogP contribution in [0.5, 0.6) is 0 Å². The fourth-order valence-corrected chi connectivity index (χ4v) is 4.42. The molecule has 2 heteroatoms. The van der Waals surface area contributed by atoms with Crippen LogP contribution >= 0.6 is 0 Å². The minimum absolute atomic E-state index is 0.596. The minimum atomic E-state index is -0.731. The molecule has 0 fully saturated rings. The zero-order valence-electron chi connectivity index (χ0n) is 19.7. The predicted molar refractivity (Wildman–Crippen MR) is 126 cm³/mol. The molecule has 29 heavy (non-hydrogen) atoms. The summed E-state index contributed by atoms with van der Waals surface area (Å²) in [6, 6.07) is 2.06. The first-order valence-corrected chi connectivity index (χ1v) is 12.5. The first-order chi connectivity index (χ1) is 14.1. The van der Waals surface area contributed by atoms with Gasteiger partial charge in [0, 0.05) is 0 Å². The van der Waals surface area contributed by atoms with Gasteiger partial charge in [-0.2, -0.15) is 0 Å². The second kappa shape index (κ2) is 15.5. The zero-order chi connectivity index (χ0) is 21.5. The number of aromatic carboxylic acids is 1. The van der Waals surface area contributed by atoms with Gasteiger partial charge >= 0.3 is 5.97 Å². The first-order valence-electron chi connectivity index (χ1n) is 12.5. The van der Waals surface area contributed by atoms with Gasteiger partial charge in [0.1, 0.15) is 0 Å². The van der Waals surface area contributed by atoms with E-state index < -0.39 is 5.97 Å². The Bertz CT molecular complexity index is 589. The molecule has 0 aromatic heterocycles. The molecule has 0 spiro atoms. The van der Waals surface area contributed by atoms with E-state index in [1.165, 1.54) is 87.3 Å². The van der Waals surface area contributed by atoms with Crippen LogP contribution in [0.25, 0.3) is 0 Å².